The van der Waals surface area contributed by atoms with Crippen LogP contribution in [0.25, 0.3) is 0 Å². The Morgan fingerprint density at radius 2 is 2.08 bits per heavy atom. The van der Waals surface area contributed by atoms with Crippen LogP contribution in [0.5, 0.6) is 0 Å². The number of H-pyrrole nitrogens is 1. The van der Waals surface area contributed by atoms with Crippen molar-refractivity contribution in [2.75, 3.05) is 12.4 Å². The number of hydrogen-bond acceptors (Lipinski definition) is 5. The van der Waals surface area contributed by atoms with Crippen LogP contribution in [0.3, 0.4) is 0 Å². The Bertz CT molecular complexity index is 724. The summed E-state index contributed by atoms with van der Waals surface area (Å²) in [5.41, 5.74) is -0.636. The average Bonchev–Trinajstić information content (AvgIpc) is 2.92. The van der Waals surface area contributed by atoms with Gasteiger partial charge < -0.3 is 9.84 Å². The minimum atomic E-state index is -1.32. The predicted molar refractivity (Wildman–Crippen MR) is 96.6 cm³/mol. The van der Waals surface area contributed by atoms with Crippen LogP contribution in [0.1, 0.15) is 18.2 Å². The minimum Gasteiger partial charge on any atom is -0.394 e. The zero-order chi connectivity index (χ0) is 18.1. The molecule has 1 fully saturated rings. The normalized spacial score (nSPS) is 25.8. The van der Waals surface area contributed by atoms with Crippen LogP contribution in [0.4, 0.5) is 0 Å². The summed E-state index contributed by atoms with van der Waals surface area (Å²) in [6.45, 7) is 8.08. The second-order valence-electron chi connectivity index (χ2n) is 7.48. The fourth-order valence-electron chi connectivity index (χ4n) is 2.65. The molecule has 24 heavy (non-hydrogen) atoms. The molecule has 9 heteroatoms. The van der Waals surface area contributed by atoms with Gasteiger partial charge in [0.05, 0.1) is 18.0 Å². The molecule has 0 saturated carbocycles. The van der Waals surface area contributed by atoms with E-state index in [-0.39, 0.29) is 11.9 Å². The van der Waals surface area contributed by atoms with Gasteiger partial charge >= 0.3 is 5.69 Å². The summed E-state index contributed by atoms with van der Waals surface area (Å²) < 4.78 is 19.8. The number of aromatic amines is 1. The fraction of sp³-hybridized carbons (Fsp3) is 0.733. The zero-order valence-electron chi connectivity index (χ0n) is 14.6. The lowest BCUT2D eigenvalue weighted by Gasteiger charge is -2.22. The number of rotatable bonds is 6. The molecule has 1 saturated heterocycles. The lowest BCUT2D eigenvalue weighted by Crippen LogP contribution is -2.38. The van der Waals surface area contributed by atoms with Gasteiger partial charge in [0.1, 0.15) is 0 Å². The van der Waals surface area contributed by atoms with E-state index in [4.69, 9.17) is 4.74 Å². The topological polar surface area (TPSA) is 101 Å². The monoisotopic (exact) mass is 374 g/mol. The molecule has 0 spiro atoms. The number of aromatic nitrogens is 2. The van der Waals surface area contributed by atoms with E-state index >= 15 is 0 Å². The molecule has 0 aromatic carbocycles. The molecule has 0 radical (unpaired) electrons. The highest BCUT2D eigenvalue weighted by Gasteiger charge is 2.40. The maximum Gasteiger partial charge on any atom is 0.330 e. The molecule has 1 aliphatic heterocycles. The Morgan fingerprint density at radius 3 is 2.67 bits per heavy atom. The first-order valence-electron chi connectivity index (χ1n) is 8.08. The Balaban J connectivity index is 2.29. The largest absolute Gasteiger partial charge is 0.394 e. The van der Waals surface area contributed by atoms with Crippen LogP contribution in [0.15, 0.2) is 15.8 Å². The number of aryl methyl sites for hydroxylation is 1. The van der Waals surface area contributed by atoms with E-state index in [1.54, 1.807) is 6.92 Å². The molecule has 7 nitrogen and oxygen atoms in total. The van der Waals surface area contributed by atoms with Gasteiger partial charge in [-0.25, -0.2) is 4.79 Å². The Labute approximate surface area is 144 Å². The summed E-state index contributed by atoms with van der Waals surface area (Å²) in [7, 11) is -2.49. The van der Waals surface area contributed by atoms with Gasteiger partial charge in [-0.05, 0) is 19.4 Å². The van der Waals surface area contributed by atoms with Gasteiger partial charge in [0.25, 0.3) is 5.56 Å². The number of nitrogens with zero attached hydrogens (tertiary/aromatic N) is 1. The first-order chi connectivity index (χ1) is 11.1. The molecule has 1 aliphatic rings. The molecule has 0 bridgehead atoms. The standard InChI is InChI=1S/C15H26N2O5SSi/c1-10-8-17(15(20)16-13(10)19)14-12(7-11(9-18)22-14)23(21)5-6-24(2,3)4/h8,11-12,14,18H,5-7,9H2,1-4H3,(H,16,19,20). The first kappa shape index (κ1) is 19.3. The van der Waals surface area contributed by atoms with E-state index in [1.807, 2.05) is 0 Å². The Kier molecular flexibility index (Phi) is 6.00. The van der Waals surface area contributed by atoms with Crippen molar-refractivity contribution in [2.45, 2.75) is 56.6 Å². The Hall–Kier alpha value is -1.03. The zero-order valence-corrected chi connectivity index (χ0v) is 16.4. The summed E-state index contributed by atoms with van der Waals surface area (Å²) in [5.74, 6) is 0.565. The van der Waals surface area contributed by atoms with Crippen molar-refractivity contribution >= 4 is 18.9 Å². The summed E-state index contributed by atoms with van der Waals surface area (Å²) in [6.07, 6.45) is 0.695. The minimum absolute atomic E-state index is 0.185. The first-order valence-corrected chi connectivity index (χ1v) is 13.2. The smallest absolute Gasteiger partial charge is 0.330 e. The molecular formula is C15H26N2O5SSi. The van der Waals surface area contributed by atoms with Crippen molar-refractivity contribution in [2.24, 2.45) is 0 Å². The highest BCUT2D eigenvalue weighted by atomic mass is 32.2. The van der Waals surface area contributed by atoms with Gasteiger partial charge in [0.15, 0.2) is 6.23 Å². The molecule has 4 atom stereocenters. The van der Waals surface area contributed by atoms with Gasteiger partial charge in [0, 0.05) is 36.4 Å². The average molecular weight is 375 g/mol. The van der Waals surface area contributed by atoms with Gasteiger partial charge in [0.2, 0.25) is 0 Å². The van der Waals surface area contributed by atoms with Crippen molar-refractivity contribution in [1.82, 2.24) is 9.55 Å². The lowest BCUT2D eigenvalue weighted by molar-refractivity contribution is -0.0237. The van der Waals surface area contributed by atoms with Gasteiger partial charge in [-0.1, -0.05) is 19.6 Å². The number of ether oxygens (including phenoxy) is 1. The molecule has 1 aromatic heterocycles. The second-order valence-corrected chi connectivity index (χ2v) is 14.9. The van der Waals surface area contributed by atoms with E-state index in [9.17, 15) is 18.9 Å². The summed E-state index contributed by atoms with van der Waals surface area (Å²) >= 11 is 0. The third-order valence-electron chi connectivity index (χ3n) is 4.16. The maximum absolute atomic E-state index is 12.8. The van der Waals surface area contributed by atoms with Gasteiger partial charge in [-0.2, -0.15) is 0 Å². The van der Waals surface area contributed by atoms with Crippen molar-refractivity contribution in [3.63, 3.8) is 0 Å². The van der Waals surface area contributed by atoms with Gasteiger partial charge in [-0.3, -0.25) is 18.6 Å². The van der Waals surface area contributed by atoms with Crippen LogP contribution in [0.2, 0.25) is 25.7 Å². The van der Waals surface area contributed by atoms with Crippen LogP contribution in [0, 0.1) is 6.92 Å². The molecular weight excluding hydrogens is 348 g/mol. The van der Waals surface area contributed by atoms with Crippen LogP contribution < -0.4 is 11.2 Å². The fourth-order valence-corrected chi connectivity index (χ4v) is 7.09. The third-order valence-corrected chi connectivity index (χ3v) is 7.98. The summed E-state index contributed by atoms with van der Waals surface area (Å²) in [4.78, 5) is 25.9. The number of aliphatic hydroxyl groups excluding tert-OH is 1. The third kappa shape index (κ3) is 4.53. The van der Waals surface area contributed by atoms with Crippen LogP contribution in [-0.2, 0) is 15.5 Å². The quantitative estimate of drug-likeness (QED) is 0.709. The number of nitrogens with one attached hydrogen (secondary N) is 1. The molecule has 0 amide bonds. The van der Waals surface area contributed by atoms with E-state index in [1.165, 1.54) is 10.8 Å². The van der Waals surface area contributed by atoms with E-state index in [0.717, 1.165) is 6.04 Å². The van der Waals surface area contributed by atoms with Crippen molar-refractivity contribution in [1.29, 1.82) is 0 Å². The van der Waals surface area contributed by atoms with E-state index in [2.05, 4.69) is 24.6 Å². The SMILES string of the molecule is Cc1cn(C2OC(CO)CC2S(=O)CC[Si](C)(C)C)c(=O)[nH]c1=O. The molecule has 2 heterocycles. The highest BCUT2D eigenvalue weighted by molar-refractivity contribution is 7.85. The summed E-state index contributed by atoms with van der Waals surface area (Å²) in [6, 6.07) is 0.923. The lowest BCUT2D eigenvalue weighted by atomic mass is 10.2. The van der Waals surface area contributed by atoms with E-state index in [0.29, 0.717) is 17.7 Å². The Morgan fingerprint density at radius 1 is 1.42 bits per heavy atom. The molecule has 2 rings (SSSR count). The van der Waals surface area contributed by atoms with Gasteiger partial charge in [-0.15, -0.1) is 0 Å². The molecule has 1 aromatic rings. The second kappa shape index (κ2) is 7.47. The summed E-state index contributed by atoms with van der Waals surface area (Å²) in [5, 5.41) is 9.02. The van der Waals surface area contributed by atoms with E-state index < -0.39 is 42.5 Å². The van der Waals surface area contributed by atoms with Crippen molar-refractivity contribution in [3.05, 3.63) is 32.6 Å². The number of aliphatic hydroxyl groups is 1. The van der Waals surface area contributed by atoms with Crippen molar-refractivity contribution < 1.29 is 14.1 Å². The maximum atomic E-state index is 12.8. The molecule has 4 unspecified atom stereocenters. The highest BCUT2D eigenvalue weighted by Crippen LogP contribution is 2.32. The predicted octanol–water partition coefficient (Wildman–Crippen LogP) is 0.580. The molecule has 0 aliphatic carbocycles. The molecule has 136 valence electrons. The van der Waals surface area contributed by atoms with Crippen molar-refractivity contribution in [3.8, 4) is 0 Å². The molecule has 2 N–H and O–H groups in total. The van der Waals surface area contributed by atoms with Crippen LogP contribution >= 0.6 is 0 Å². The van der Waals surface area contributed by atoms with Crippen LogP contribution in [-0.4, -0.2) is 50.7 Å². The number of hydrogen-bond donors (Lipinski definition) is 2.